The van der Waals surface area contributed by atoms with Crippen molar-refractivity contribution in [2.45, 2.75) is 87.3 Å². The second-order valence-electron chi connectivity index (χ2n) is 15.2. The summed E-state index contributed by atoms with van der Waals surface area (Å²) >= 11 is 4.31. The number of rotatable bonds is 6. The zero-order valence-corrected chi connectivity index (χ0v) is 29.7. The van der Waals surface area contributed by atoms with E-state index >= 15 is 0 Å². The largest absolute Gasteiger partial charge is 0.743 e. The smallest absolute Gasteiger partial charge is 0.428 e. The molecule has 8 saturated carbocycles. The third-order valence-electron chi connectivity index (χ3n) is 12.0. The molecule has 15 heteroatoms. The van der Waals surface area contributed by atoms with Crippen LogP contribution >= 0.6 is 45.2 Å². The Morgan fingerprint density at radius 1 is 0.957 bits per heavy atom. The van der Waals surface area contributed by atoms with Crippen LogP contribution in [0.3, 0.4) is 0 Å². The van der Waals surface area contributed by atoms with Gasteiger partial charge in [0.25, 0.3) is 5.79 Å². The van der Waals surface area contributed by atoms with Gasteiger partial charge in [0.15, 0.2) is 10.1 Å². The van der Waals surface area contributed by atoms with Gasteiger partial charge in [0.2, 0.25) is 0 Å². The van der Waals surface area contributed by atoms with Crippen LogP contribution < -0.4 is 4.74 Å². The van der Waals surface area contributed by atoms with E-state index < -0.39 is 56.1 Å². The first-order chi connectivity index (χ1) is 21.5. The highest BCUT2D eigenvalue weighted by Crippen LogP contribution is 2.68. The summed E-state index contributed by atoms with van der Waals surface area (Å²) in [5.74, 6) is -3.51. The fourth-order valence-corrected chi connectivity index (χ4v) is 13.4. The van der Waals surface area contributed by atoms with E-state index in [-0.39, 0.29) is 35.6 Å². The van der Waals surface area contributed by atoms with Gasteiger partial charge in [0, 0.05) is 24.4 Å². The van der Waals surface area contributed by atoms with Gasteiger partial charge in [0.1, 0.15) is 16.9 Å². The molecule has 0 radical (unpaired) electrons. The van der Waals surface area contributed by atoms with Gasteiger partial charge in [-0.05, 0) is 146 Å². The maximum absolute atomic E-state index is 14.4. The average molecular weight is 887 g/mol. The number of esters is 3. The summed E-state index contributed by atoms with van der Waals surface area (Å²) in [5, 5.41) is -5.18. The number of hydrogen-bond acceptors (Lipinski definition) is 10. The first-order valence-electron chi connectivity index (χ1n) is 15.6. The summed E-state index contributed by atoms with van der Waals surface area (Å²) in [6.07, 6.45) is 6.78. The van der Waals surface area contributed by atoms with Crippen molar-refractivity contribution in [1.82, 2.24) is 0 Å². The van der Waals surface area contributed by atoms with Crippen LogP contribution in [0.2, 0.25) is 0 Å². The number of alkyl halides is 2. The summed E-state index contributed by atoms with van der Waals surface area (Å²) in [7, 11) is -6.23. The Morgan fingerprint density at radius 2 is 1.61 bits per heavy atom. The highest BCUT2D eigenvalue weighted by atomic mass is 127. The van der Waals surface area contributed by atoms with E-state index in [1.807, 2.05) is 12.1 Å². The van der Waals surface area contributed by atoms with E-state index in [0.29, 0.717) is 62.7 Å². The number of halogens is 4. The lowest BCUT2D eigenvalue weighted by Gasteiger charge is -2.64. The molecule has 1 aromatic rings. The van der Waals surface area contributed by atoms with Crippen LogP contribution in [0.4, 0.5) is 8.78 Å². The van der Waals surface area contributed by atoms with Gasteiger partial charge in [-0.3, -0.25) is 4.79 Å². The van der Waals surface area contributed by atoms with Gasteiger partial charge < -0.3 is 23.5 Å². The zero-order valence-electron chi connectivity index (χ0n) is 24.5. The van der Waals surface area contributed by atoms with Gasteiger partial charge in [-0.2, -0.15) is 8.78 Å². The molecule has 10 nitrogen and oxygen atoms in total. The van der Waals surface area contributed by atoms with Crippen molar-refractivity contribution in [3.8, 4) is 5.75 Å². The van der Waals surface area contributed by atoms with Crippen LogP contribution in [-0.2, 0) is 33.9 Å². The van der Waals surface area contributed by atoms with Crippen molar-refractivity contribution in [1.29, 1.82) is 0 Å². The Labute approximate surface area is 291 Å². The van der Waals surface area contributed by atoms with Gasteiger partial charge in [0.05, 0.1) is 12.0 Å². The Balaban J connectivity index is 1.02. The van der Waals surface area contributed by atoms with Crippen molar-refractivity contribution in [2.24, 2.45) is 40.4 Å². The molecule has 250 valence electrons. The molecule has 9 aliphatic rings. The van der Waals surface area contributed by atoms with Crippen LogP contribution in [0.25, 0.3) is 0 Å². The summed E-state index contributed by atoms with van der Waals surface area (Å²) in [5.41, 5.74) is -1.93. The highest BCUT2D eigenvalue weighted by Gasteiger charge is 2.70. The molecule has 1 heterocycles. The molecule has 0 N–H and O–H groups in total. The van der Waals surface area contributed by atoms with Crippen LogP contribution in [0.5, 0.6) is 5.75 Å². The predicted octanol–water partition coefficient (Wildman–Crippen LogP) is 5.53. The lowest BCUT2D eigenvalue weighted by atomic mass is 9.46. The number of fused-ring (bicyclic) bond motifs is 1. The third kappa shape index (κ3) is 4.69. The number of hydrogen-bond donors (Lipinski definition) is 0. The van der Waals surface area contributed by atoms with Crippen LogP contribution in [0, 0.1) is 47.6 Å². The summed E-state index contributed by atoms with van der Waals surface area (Å²) < 4.78 is 86.5. The number of benzene rings is 1. The van der Waals surface area contributed by atoms with Crippen molar-refractivity contribution in [3.05, 3.63) is 24.8 Å². The maximum Gasteiger partial charge on any atom is 0.428 e. The Kier molecular flexibility index (Phi) is 7.01. The molecule has 8 bridgehead atoms. The molecule has 0 amide bonds. The number of ether oxygens (including phenoxy) is 4. The fourth-order valence-electron chi connectivity index (χ4n) is 11.1. The van der Waals surface area contributed by atoms with E-state index in [4.69, 9.17) is 18.9 Å². The standard InChI is InChI=1S/C31H32F2I2O10S/c32-31(33,46(39,40)41)26(38)42-14-27-6-16-1-17(7-27)10-29(9-16,13-27)45-25(37)28-8-15-2-18(11-28)30(19(3-15)12-28)43-22-5-20(34)4-21(35)23(22)24(36)44-30/h4-5,15-19H,1-3,6-14H2,(H,39,40,41)/p-1. The molecule has 1 spiro atoms. The SMILES string of the molecule is O=C1OC2(Oc3cc(I)cc(I)c31)C1CC3CC2CC(C(=O)OC24CC5CC(CC(COC(=O)C(F)(F)S(=O)(=O)[O-])(C5)C2)C4)(C3)C1. The van der Waals surface area contributed by atoms with Gasteiger partial charge in [-0.25, -0.2) is 18.0 Å². The van der Waals surface area contributed by atoms with E-state index in [2.05, 4.69) is 45.2 Å². The zero-order chi connectivity index (χ0) is 32.7. The van der Waals surface area contributed by atoms with Crippen LogP contribution in [0.15, 0.2) is 12.1 Å². The molecule has 8 aliphatic carbocycles. The fraction of sp³-hybridized carbons (Fsp3) is 0.710. The van der Waals surface area contributed by atoms with E-state index in [0.717, 1.165) is 26.4 Å². The van der Waals surface area contributed by atoms with Crippen LogP contribution in [0.1, 0.15) is 81.0 Å². The van der Waals surface area contributed by atoms with Gasteiger partial charge in [-0.1, -0.05) is 0 Å². The normalized spacial score (nSPS) is 41.6. The molecule has 1 aromatic carbocycles. The summed E-state index contributed by atoms with van der Waals surface area (Å²) in [4.78, 5) is 39.7. The minimum absolute atomic E-state index is 0.136. The molecular formula is C31H31F2I2O10S-. The molecular weight excluding hydrogens is 856 g/mol. The molecule has 4 atom stereocenters. The van der Waals surface area contributed by atoms with E-state index in [1.165, 1.54) is 0 Å². The van der Waals surface area contributed by atoms with E-state index in [9.17, 15) is 36.1 Å². The Hall–Kier alpha value is -1.34. The monoisotopic (exact) mass is 887 g/mol. The third-order valence-corrected chi connectivity index (χ3v) is 14.3. The highest BCUT2D eigenvalue weighted by molar-refractivity contribution is 14.1. The minimum atomic E-state index is -6.23. The molecule has 1 aliphatic heterocycles. The van der Waals surface area contributed by atoms with Crippen LogP contribution in [-0.4, -0.2) is 54.1 Å². The quantitative estimate of drug-likeness (QED) is 0.155. The Bertz CT molecular complexity index is 1650. The molecule has 8 fully saturated rings. The molecule has 46 heavy (non-hydrogen) atoms. The topological polar surface area (TPSA) is 145 Å². The van der Waals surface area contributed by atoms with Crippen molar-refractivity contribution in [2.75, 3.05) is 6.61 Å². The van der Waals surface area contributed by atoms with E-state index in [1.54, 1.807) is 0 Å². The summed E-state index contributed by atoms with van der Waals surface area (Å²) in [6.45, 7) is -0.467. The molecule has 4 unspecified atom stereocenters. The maximum atomic E-state index is 14.4. The second kappa shape index (κ2) is 10.1. The van der Waals surface area contributed by atoms with Gasteiger partial charge in [-0.15, -0.1) is 0 Å². The van der Waals surface area contributed by atoms with Crippen molar-refractivity contribution < 1.29 is 55.1 Å². The van der Waals surface area contributed by atoms with Crippen molar-refractivity contribution in [3.63, 3.8) is 0 Å². The number of carbonyl (C=O) groups excluding carboxylic acids is 3. The lowest BCUT2D eigenvalue weighted by molar-refractivity contribution is -0.297. The molecule has 0 aromatic heterocycles. The number of carbonyl (C=O) groups is 3. The first-order valence-corrected chi connectivity index (χ1v) is 19.2. The molecule has 10 rings (SSSR count). The first kappa shape index (κ1) is 31.9. The lowest BCUT2D eigenvalue weighted by Crippen LogP contribution is -2.68. The summed E-state index contributed by atoms with van der Waals surface area (Å²) in [6, 6.07) is 3.76. The molecule has 0 saturated heterocycles. The van der Waals surface area contributed by atoms with Gasteiger partial charge >= 0.3 is 23.2 Å². The second-order valence-corrected chi connectivity index (χ2v) is 19.0. The Morgan fingerprint density at radius 3 is 2.24 bits per heavy atom. The average Bonchev–Trinajstić information content (AvgIpc) is 2.92. The van der Waals surface area contributed by atoms with Crippen molar-refractivity contribution >= 4 is 73.2 Å². The predicted molar refractivity (Wildman–Crippen MR) is 168 cm³/mol. The minimum Gasteiger partial charge on any atom is -0.743 e.